The van der Waals surface area contributed by atoms with Crippen molar-refractivity contribution in [2.45, 2.75) is 37.1 Å². The minimum Gasteiger partial charge on any atom is -0.296 e. The van der Waals surface area contributed by atoms with Crippen LogP contribution in [0.25, 0.3) is 0 Å². The average Bonchev–Trinajstić information content (AvgIpc) is 3.47. The van der Waals surface area contributed by atoms with E-state index in [1.54, 1.807) is 19.1 Å². The molecule has 0 bridgehead atoms. The third-order valence-corrected chi connectivity index (χ3v) is 7.18. The number of hydrogen-bond acceptors (Lipinski definition) is 6. The summed E-state index contributed by atoms with van der Waals surface area (Å²) in [6, 6.07) is 13.9. The van der Waals surface area contributed by atoms with Gasteiger partial charge in [0.1, 0.15) is 5.01 Å². The van der Waals surface area contributed by atoms with E-state index in [0.29, 0.717) is 16.6 Å². The Bertz CT molecular complexity index is 1140. The molecular formula is C20H20N4O3S2. The number of sulfonamides is 1. The quantitative estimate of drug-likeness (QED) is 0.600. The fraction of sp³-hybridized carbons (Fsp3) is 0.250. The lowest BCUT2D eigenvalue weighted by molar-refractivity contribution is 0.102. The normalized spacial score (nSPS) is 14.0. The van der Waals surface area contributed by atoms with Gasteiger partial charge in [-0.25, -0.2) is 13.1 Å². The molecule has 1 fully saturated rings. The van der Waals surface area contributed by atoms with Gasteiger partial charge in [-0.15, -0.1) is 10.2 Å². The van der Waals surface area contributed by atoms with Crippen LogP contribution in [0.4, 0.5) is 5.13 Å². The second-order valence-electron chi connectivity index (χ2n) is 6.96. The molecule has 1 aromatic heterocycles. The molecule has 0 radical (unpaired) electrons. The maximum Gasteiger partial charge on any atom is 0.257 e. The molecule has 0 aliphatic heterocycles. The van der Waals surface area contributed by atoms with E-state index in [0.717, 1.165) is 23.4 Å². The van der Waals surface area contributed by atoms with Crippen LogP contribution >= 0.6 is 11.3 Å². The van der Waals surface area contributed by atoms with Crippen molar-refractivity contribution in [2.75, 3.05) is 5.32 Å². The lowest BCUT2D eigenvalue weighted by Gasteiger charge is -2.11. The van der Waals surface area contributed by atoms with E-state index >= 15 is 0 Å². The third kappa shape index (κ3) is 4.69. The minimum absolute atomic E-state index is 0.0806. The summed E-state index contributed by atoms with van der Waals surface area (Å²) in [5.41, 5.74) is 1.67. The molecule has 9 heteroatoms. The smallest absolute Gasteiger partial charge is 0.257 e. The highest BCUT2D eigenvalue weighted by Gasteiger charge is 2.28. The van der Waals surface area contributed by atoms with Crippen molar-refractivity contribution in [2.24, 2.45) is 0 Å². The van der Waals surface area contributed by atoms with E-state index in [-0.39, 0.29) is 17.0 Å². The first-order chi connectivity index (χ1) is 13.9. The number of carbonyl (C=O) groups is 1. The van der Waals surface area contributed by atoms with Gasteiger partial charge in [-0.1, -0.05) is 47.7 Å². The van der Waals surface area contributed by atoms with Crippen LogP contribution in [-0.4, -0.2) is 24.5 Å². The van der Waals surface area contributed by atoms with Crippen molar-refractivity contribution in [1.29, 1.82) is 0 Å². The average molecular weight is 429 g/mol. The summed E-state index contributed by atoms with van der Waals surface area (Å²) in [5, 5.41) is 12.2. The molecule has 1 aliphatic rings. The Hall–Kier alpha value is -2.62. The lowest BCUT2D eigenvalue weighted by atomic mass is 10.1. The molecule has 1 amide bonds. The summed E-state index contributed by atoms with van der Waals surface area (Å²) in [5.74, 6) is 0.0490. The molecule has 0 spiro atoms. The fourth-order valence-electron chi connectivity index (χ4n) is 2.83. The number of nitrogens with one attached hydrogen (secondary N) is 2. The van der Waals surface area contributed by atoms with Crippen molar-refractivity contribution >= 4 is 32.4 Å². The van der Waals surface area contributed by atoms with Crippen LogP contribution in [-0.2, 0) is 16.6 Å². The molecule has 29 heavy (non-hydrogen) atoms. The molecule has 1 aliphatic carbocycles. The van der Waals surface area contributed by atoms with Gasteiger partial charge in [0.25, 0.3) is 5.91 Å². The number of anilines is 1. The second kappa shape index (κ2) is 8.02. The first-order valence-corrected chi connectivity index (χ1v) is 11.5. The standard InChI is InChI=1S/C20H20N4O3S2/c1-13-7-8-16(18(25)22-20-24-23-19(28-20)15-9-10-15)11-17(13)29(26,27)21-12-14-5-3-2-4-6-14/h2-8,11,15,21H,9-10,12H2,1H3,(H,22,24,25). The van der Waals surface area contributed by atoms with E-state index in [2.05, 4.69) is 20.2 Å². The molecule has 0 unspecified atom stereocenters. The van der Waals surface area contributed by atoms with Crippen LogP contribution in [0.1, 0.15) is 45.3 Å². The van der Waals surface area contributed by atoms with Crippen LogP contribution in [0.15, 0.2) is 53.4 Å². The minimum atomic E-state index is -3.77. The maximum absolute atomic E-state index is 12.8. The summed E-state index contributed by atoms with van der Waals surface area (Å²) in [7, 11) is -3.77. The summed E-state index contributed by atoms with van der Waals surface area (Å²) in [4.78, 5) is 12.7. The van der Waals surface area contributed by atoms with E-state index in [1.807, 2.05) is 30.3 Å². The van der Waals surface area contributed by atoms with Gasteiger partial charge in [0.05, 0.1) is 4.90 Å². The highest BCUT2D eigenvalue weighted by Crippen LogP contribution is 2.42. The Labute approximate surface area is 173 Å². The van der Waals surface area contributed by atoms with Gasteiger partial charge in [-0.3, -0.25) is 10.1 Å². The number of rotatable bonds is 7. The fourth-order valence-corrected chi connectivity index (χ4v) is 5.03. The van der Waals surface area contributed by atoms with E-state index in [4.69, 9.17) is 0 Å². The SMILES string of the molecule is Cc1ccc(C(=O)Nc2nnc(C3CC3)s2)cc1S(=O)(=O)NCc1ccccc1. The zero-order valence-electron chi connectivity index (χ0n) is 15.8. The zero-order chi connectivity index (χ0) is 20.4. The summed E-state index contributed by atoms with van der Waals surface area (Å²) < 4.78 is 28.2. The monoisotopic (exact) mass is 428 g/mol. The van der Waals surface area contributed by atoms with Crippen molar-refractivity contribution < 1.29 is 13.2 Å². The third-order valence-electron chi connectivity index (χ3n) is 4.64. The molecule has 150 valence electrons. The predicted molar refractivity (Wildman–Crippen MR) is 111 cm³/mol. The second-order valence-corrected chi connectivity index (χ2v) is 9.71. The highest BCUT2D eigenvalue weighted by molar-refractivity contribution is 7.89. The van der Waals surface area contributed by atoms with E-state index < -0.39 is 15.9 Å². The van der Waals surface area contributed by atoms with Crippen molar-refractivity contribution in [3.05, 3.63) is 70.2 Å². The zero-order valence-corrected chi connectivity index (χ0v) is 17.4. The number of nitrogens with zero attached hydrogens (tertiary/aromatic N) is 2. The van der Waals surface area contributed by atoms with Gasteiger partial charge < -0.3 is 0 Å². The molecule has 0 atom stereocenters. The highest BCUT2D eigenvalue weighted by atomic mass is 32.2. The van der Waals surface area contributed by atoms with Crippen molar-refractivity contribution in [3.63, 3.8) is 0 Å². The maximum atomic E-state index is 12.8. The number of aryl methyl sites for hydroxylation is 1. The Morgan fingerprint density at radius 2 is 1.90 bits per heavy atom. The summed E-state index contributed by atoms with van der Waals surface area (Å²) in [6.07, 6.45) is 2.22. The Balaban J connectivity index is 1.50. The lowest BCUT2D eigenvalue weighted by Crippen LogP contribution is -2.24. The Kier molecular flexibility index (Phi) is 5.44. The summed E-state index contributed by atoms with van der Waals surface area (Å²) in [6.45, 7) is 1.87. The largest absolute Gasteiger partial charge is 0.296 e. The van der Waals surface area contributed by atoms with Gasteiger partial charge >= 0.3 is 0 Å². The van der Waals surface area contributed by atoms with Gasteiger partial charge in [-0.2, -0.15) is 0 Å². The van der Waals surface area contributed by atoms with Crippen molar-refractivity contribution in [3.8, 4) is 0 Å². The topological polar surface area (TPSA) is 101 Å². The first kappa shape index (κ1) is 19.7. The Morgan fingerprint density at radius 1 is 1.14 bits per heavy atom. The molecule has 2 N–H and O–H groups in total. The number of aromatic nitrogens is 2. The number of amides is 1. The molecular weight excluding hydrogens is 408 g/mol. The molecule has 7 nitrogen and oxygen atoms in total. The van der Waals surface area contributed by atoms with Gasteiger partial charge in [-0.05, 0) is 43.0 Å². The van der Waals surface area contributed by atoms with E-state index in [9.17, 15) is 13.2 Å². The van der Waals surface area contributed by atoms with E-state index in [1.165, 1.54) is 17.4 Å². The van der Waals surface area contributed by atoms with Crippen LogP contribution in [0.5, 0.6) is 0 Å². The Morgan fingerprint density at radius 3 is 2.62 bits per heavy atom. The molecule has 2 aromatic carbocycles. The van der Waals surface area contributed by atoms with Crippen LogP contribution in [0.2, 0.25) is 0 Å². The first-order valence-electron chi connectivity index (χ1n) is 9.21. The number of carbonyl (C=O) groups excluding carboxylic acids is 1. The molecule has 1 heterocycles. The van der Waals surface area contributed by atoms with Crippen LogP contribution in [0.3, 0.4) is 0 Å². The molecule has 4 rings (SSSR count). The predicted octanol–water partition coefficient (Wildman–Crippen LogP) is 3.45. The number of benzene rings is 2. The van der Waals surface area contributed by atoms with Crippen LogP contribution in [0, 0.1) is 6.92 Å². The number of hydrogen-bond donors (Lipinski definition) is 2. The van der Waals surface area contributed by atoms with Gasteiger partial charge in [0.2, 0.25) is 15.2 Å². The molecule has 3 aromatic rings. The van der Waals surface area contributed by atoms with Crippen molar-refractivity contribution in [1.82, 2.24) is 14.9 Å². The summed E-state index contributed by atoms with van der Waals surface area (Å²) >= 11 is 1.36. The molecule has 0 saturated heterocycles. The molecule has 1 saturated carbocycles. The van der Waals surface area contributed by atoms with Crippen LogP contribution < -0.4 is 10.0 Å². The van der Waals surface area contributed by atoms with Gasteiger partial charge in [0.15, 0.2) is 0 Å². The van der Waals surface area contributed by atoms with Gasteiger partial charge in [0, 0.05) is 18.0 Å².